The van der Waals surface area contributed by atoms with Crippen LogP contribution in [0.3, 0.4) is 0 Å². The van der Waals surface area contributed by atoms with Crippen molar-refractivity contribution in [2.24, 2.45) is 0 Å². The molecular weight excluding hydrogens is 398 g/mol. The van der Waals surface area contributed by atoms with E-state index in [1.165, 1.54) is 12.8 Å². The van der Waals surface area contributed by atoms with Gasteiger partial charge in [0.1, 0.15) is 5.82 Å². The van der Waals surface area contributed by atoms with Crippen LogP contribution in [0, 0.1) is 13.8 Å². The molecule has 1 heterocycles. The molecule has 1 aromatic carbocycles. The number of H-pyrrole nitrogens is 1. The summed E-state index contributed by atoms with van der Waals surface area (Å²) in [5.74, 6) is 0.617. The smallest absolute Gasteiger partial charge is 0.252 e. The molecule has 0 atom stereocenters. The Morgan fingerprint density at radius 2 is 1.87 bits per heavy atom. The maximum atomic E-state index is 12.9. The molecule has 0 spiro atoms. The molecule has 1 saturated carbocycles. The van der Waals surface area contributed by atoms with E-state index in [0.717, 1.165) is 42.2 Å². The number of aromatic amines is 1. The van der Waals surface area contributed by atoms with Gasteiger partial charge in [-0.15, -0.1) is 0 Å². The summed E-state index contributed by atoms with van der Waals surface area (Å²) >= 11 is 6.46. The number of hydrogen-bond donors (Lipinski definition) is 2. The quantitative estimate of drug-likeness (QED) is 0.685. The number of nitrogens with zero attached hydrogens (tertiary/aromatic N) is 3. The molecule has 1 amide bonds. The second-order valence-corrected chi connectivity index (χ2v) is 8.94. The maximum absolute atomic E-state index is 12.9. The van der Waals surface area contributed by atoms with E-state index >= 15 is 0 Å². The lowest BCUT2D eigenvalue weighted by Gasteiger charge is -2.40. The van der Waals surface area contributed by atoms with Gasteiger partial charge >= 0.3 is 0 Å². The minimum Gasteiger partial charge on any atom is -0.369 e. The molecule has 0 saturated heterocycles. The van der Waals surface area contributed by atoms with Crippen LogP contribution in [-0.4, -0.2) is 53.5 Å². The standard InChI is InChI=1S/C23H34ClN5O/c1-6-29(19-9-7-18(8-10-19)28(4)5)21-12-17(24)11-20(16(21)3)23(30)26-14-22-25-13-15(2)27-22/h11-13,18-19H,6-10,14H2,1-5H3,(H,25,27)(H,26,30)/t18-,19-. The number of hydrogen-bond acceptors (Lipinski definition) is 4. The third-order valence-electron chi connectivity index (χ3n) is 6.25. The van der Waals surface area contributed by atoms with Crippen LogP contribution in [0.25, 0.3) is 0 Å². The van der Waals surface area contributed by atoms with E-state index in [4.69, 9.17) is 11.6 Å². The van der Waals surface area contributed by atoms with Gasteiger partial charge in [-0.05, 0) is 78.2 Å². The summed E-state index contributed by atoms with van der Waals surface area (Å²) in [7, 11) is 4.33. The first-order chi connectivity index (χ1) is 14.3. The zero-order chi connectivity index (χ0) is 21.8. The van der Waals surface area contributed by atoms with Crippen molar-refractivity contribution in [3.8, 4) is 0 Å². The monoisotopic (exact) mass is 431 g/mol. The molecule has 0 bridgehead atoms. The first-order valence-electron chi connectivity index (χ1n) is 10.8. The number of carbonyl (C=O) groups excluding carboxylic acids is 1. The van der Waals surface area contributed by atoms with Crippen LogP contribution in [0.5, 0.6) is 0 Å². The van der Waals surface area contributed by atoms with Crippen LogP contribution in [0.15, 0.2) is 18.3 Å². The Morgan fingerprint density at radius 3 is 2.43 bits per heavy atom. The van der Waals surface area contributed by atoms with Crippen molar-refractivity contribution in [1.29, 1.82) is 0 Å². The molecule has 1 aliphatic carbocycles. The Balaban J connectivity index is 1.77. The van der Waals surface area contributed by atoms with Crippen molar-refractivity contribution in [2.45, 2.75) is 65.1 Å². The number of nitrogens with one attached hydrogen (secondary N) is 2. The van der Waals surface area contributed by atoms with Gasteiger partial charge in [0.15, 0.2) is 0 Å². The van der Waals surface area contributed by atoms with Crippen LogP contribution in [0.1, 0.15) is 60.0 Å². The molecule has 1 aromatic heterocycles. The highest BCUT2D eigenvalue weighted by Gasteiger charge is 2.28. The summed E-state index contributed by atoms with van der Waals surface area (Å²) < 4.78 is 0. The highest BCUT2D eigenvalue weighted by atomic mass is 35.5. The molecule has 0 radical (unpaired) electrons. The van der Waals surface area contributed by atoms with Gasteiger partial charge in [0.25, 0.3) is 5.91 Å². The fourth-order valence-electron chi connectivity index (χ4n) is 4.53. The van der Waals surface area contributed by atoms with E-state index in [-0.39, 0.29) is 5.91 Å². The fraction of sp³-hybridized carbons (Fsp3) is 0.565. The van der Waals surface area contributed by atoms with E-state index in [2.05, 4.69) is 46.1 Å². The third kappa shape index (κ3) is 5.16. The summed E-state index contributed by atoms with van der Waals surface area (Å²) in [6.45, 7) is 7.39. The summed E-state index contributed by atoms with van der Waals surface area (Å²) in [5, 5.41) is 3.56. The predicted molar refractivity (Wildman–Crippen MR) is 123 cm³/mol. The largest absolute Gasteiger partial charge is 0.369 e. The summed E-state index contributed by atoms with van der Waals surface area (Å²) in [6, 6.07) is 4.91. The molecule has 3 rings (SSSR count). The summed E-state index contributed by atoms with van der Waals surface area (Å²) in [6.07, 6.45) is 6.46. The number of halogens is 1. The Labute approximate surface area is 185 Å². The third-order valence-corrected chi connectivity index (χ3v) is 6.47. The van der Waals surface area contributed by atoms with Gasteiger partial charge in [-0.2, -0.15) is 0 Å². The molecule has 7 heteroatoms. The summed E-state index contributed by atoms with van der Waals surface area (Å²) in [4.78, 5) is 25.1. The van der Waals surface area contributed by atoms with Gasteiger partial charge in [-0.3, -0.25) is 4.79 Å². The molecular formula is C23H34ClN5O. The second-order valence-electron chi connectivity index (χ2n) is 8.51. The van der Waals surface area contributed by atoms with E-state index in [0.29, 0.717) is 29.2 Å². The van der Waals surface area contributed by atoms with Gasteiger partial charge in [0.05, 0.1) is 6.54 Å². The lowest BCUT2D eigenvalue weighted by molar-refractivity contribution is 0.0949. The number of benzene rings is 1. The molecule has 6 nitrogen and oxygen atoms in total. The maximum Gasteiger partial charge on any atom is 0.252 e. The predicted octanol–water partition coefficient (Wildman–Crippen LogP) is 4.31. The fourth-order valence-corrected chi connectivity index (χ4v) is 4.74. The van der Waals surface area contributed by atoms with Crippen molar-refractivity contribution >= 4 is 23.2 Å². The van der Waals surface area contributed by atoms with E-state index < -0.39 is 0 Å². The van der Waals surface area contributed by atoms with Crippen LogP contribution in [0.4, 0.5) is 5.69 Å². The minimum atomic E-state index is -0.127. The van der Waals surface area contributed by atoms with Crippen molar-refractivity contribution in [2.75, 3.05) is 25.5 Å². The summed E-state index contributed by atoms with van der Waals surface area (Å²) in [5.41, 5.74) is 3.64. The highest BCUT2D eigenvalue weighted by molar-refractivity contribution is 6.31. The number of aromatic nitrogens is 2. The van der Waals surface area contributed by atoms with Crippen LogP contribution >= 0.6 is 11.6 Å². The molecule has 1 aliphatic rings. The average molecular weight is 432 g/mol. The van der Waals surface area contributed by atoms with Gasteiger partial charge < -0.3 is 20.1 Å². The molecule has 1 fully saturated rings. The van der Waals surface area contributed by atoms with Gasteiger partial charge in [0, 0.05) is 46.8 Å². The minimum absolute atomic E-state index is 0.127. The zero-order valence-electron chi connectivity index (χ0n) is 18.8. The SMILES string of the molecule is CCN(c1cc(Cl)cc(C(=O)NCc2ncc(C)[nH]2)c1C)[C@H]1CC[C@H](N(C)C)CC1. The van der Waals surface area contributed by atoms with Crippen molar-refractivity contribution in [3.05, 3.63) is 46.0 Å². The van der Waals surface area contributed by atoms with Crippen molar-refractivity contribution < 1.29 is 4.79 Å². The Hall–Kier alpha value is -2.05. The lowest BCUT2D eigenvalue weighted by Crippen LogP contribution is -2.42. The Bertz CT molecular complexity index is 870. The first kappa shape index (κ1) is 22.6. The Morgan fingerprint density at radius 1 is 1.20 bits per heavy atom. The Kier molecular flexibility index (Phi) is 7.42. The van der Waals surface area contributed by atoms with Gasteiger partial charge in [-0.25, -0.2) is 4.98 Å². The number of amides is 1. The highest BCUT2D eigenvalue weighted by Crippen LogP contribution is 2.34. The lowest BCUT2D eigenvalue weighted by atomic mass is 9.89. The van der Waals surface area contributed by atoms with E-state index in [1.807, 2.05) is 19.9 Å². The molecule has 2 N–H and O–H groups in total. The van der Waals surface area contributed by atoms with Crippen LogP contribution < -0.4 is 10.2 Å². The first-order valence-corrected chi connectivity index (χ1v) is 11.2. The number of rotatable bonds is 7. The molecule has 30 heavy (non-hydrogen) atoms. The number of carbonyl (C=O) groups is 1. The van der Waals surface area contributed by atoms with Crippen LogP contribution in [0.2, 0.25) is 5.02 Å². The van der Waals surface area contributed by atoms with Crippen molar-refractivity contribution in [1.82, 2.24) is 20.2 Å². The average Bonchev–Trinajstić information content (AvgIpc) is 3.14. The molecule has 0 aliphatic heterocycles. The number of imidazole rings is 1. The van der Waals surface area contributed by atoms with E-state index in [1.54, 1.807) is 12.3 Å². The zero-order valence-corrected chi connectivity index (χ0v) is 19.5. The number of aryl methyl sites for hydroxylation is 1. The molecule has 0 unspecified atom stereocenters. The van der Waals surface area contributed by atoms with Crippen LogP contribution in [-0.2, 0) is 6.54 Å². The normalized spacial score (nSPS) is 19.2. The number of anilines is 1. The topological polar surface area (TPSA) is 64.3 Å². The van der Waals surface area contributed by atoms with Crippen molar-refractivity contribution in [3.63, 3.8) is 0 Å². The molecule has 164 valence electrons. The van der Waals surface area contributed by atoms with Gasteiger partial charge in [-0.1, -0.05) is 11.6 Å². The van der Waals surface area contributed by atoms with E-state index in [9.17, 15) is 4.79 Å². The molecule has 2 aromatic rings. The van der Waals surface area contributed by atoms with Gasteiger partial charge in [0.2, 0.25) is 0 Å². The second kappa shape index (κ2) is 9.84.